The molecule has 0 aromatic heterocycles. The Hall–Kier alpha value is -2.03. The summed E-state index contributed by atoms with van der Waals surface area (Å²) < 4.78 is 42.2. The average molecular weight is 229 g/mol. The van der Waals surface area contributed by atoms with Crippen molar-refractivity contribution >= 4 is 5.97 Å². The normalized spacial score (nSPS) is 10.0. The van der Waals surface area contributed by atoms with E-state index < -0.39 is 34.9 Å². The molecule has 16 heavy (non-hydrogen) atoms. The van der Waals surface area contributed by atoms with E-state index in [1.165, 1.54) is 6.07 Å². The van der Waals surface area contributed by atoms with E-state index in [9.17, 15) is 18.0 Å². The quantitative estimate of drug-likeness (QED) is 0.731. The zero-order valence-corrected chi connectivity index (χ0v) is 8.13. The molecule has 0 aliphatic rings. The van der Waals surface area contributed by atoms with Crippen molar-refractivity contribution in [2.45, 2.75) is 6.43 Å². The van der Waals surface area contributed by atoms with Crippen LogP contribution in [0.15, 0.2) is 12.1 Å². The fourth-order valence-electron chi connectivity index (χ4n) is 1.13. The molecule has 1 aromatic carbocycles. The van der Waals surface area contributed by atoms with Gasteiger partial charge in [0, 0.05) is 5.56 Å². The molecule has 84 valence electrons. The highest BCUT2D eigenvalue weighted by Gasteiger charge is 2.20. The van der Waals surface area contributed by atoms with Crippen molar-refractivity contribution in [1.82, 2.24) is 0 Å². The third-order valence-corrected chi connectivity index (χ3v) is 1.90. The highest BCUT2D eigenvalue weighted by atomic mass is 19.3. The van der Waals surface area contributed by atoms with Crippen LogP contribution < -0.4 is 0 Å². The van der Waals surface area contributed by atoms with Crippen molar-refractivity contribution in [2.24, 2.45) is 0 Å². The van der Waals surface area contributed by atoms with Gasteiger partial charge in [0.15, 0.2) is 0 Å². The molecular formula is C10H6F3NO2. The maximum atomic E-state index is 13.2. The Bertz CT molecular complexity index is 466. The molecular weight excluding hydrogens is 223 g/mol. The SMILES string of the molecule is COC(=O)c1cc(C#N)c(C(F)F)cc1F. The topological polar surface area (TPSA) is 50.1 Å². The Morgan fingerprint density at radius 3 is 2.56 bits per heavy atom. The molecule has 0 aliphatic heterocycles. The number of benzene rings is 1. The van der Waals surface area contributed by atoms with Gasteiger partial charge in [0.05, 0.1) is 24.3 Å². The van der Waals surface area contributed by atoms with Gasteiger partial charge in [0.25, 0.3) is 6.43 Å². The number of methoxy groups -OCH3 is 1. The summed E-state index contributed by atoms with van der Waals surface area (Å²) in [5.74, 6) is -2.16. The first-order valence-corrected chi connectivity index (χ1v) is 4.11. The molecule has 0 saturated heterocycles. The maximum absolute atomic E-state index is 13.2. The summed E-state index contributed by atoms with van der Waals surface area (Å²) in [6.45, 7) is 0. The van der Waals surface area contributed by atoms with Gasteiger partial charge in [-0.15, -0.1) is 0 Å². The number of carbonyl (C=O) groups is 1. The van der Waals surface area contributed by atoms with Crippen LogP contribution in [0.25, 0.3) is 0 Å². The van der Waals surface area contributed by atoms with E-state index in [0.717, 1.165) is 13.2 Å². The number of ether oxygens (including phenoxy) is 1. The second-order valence-corrected chi connectivity index (χ2v) is 2.82. The molecule has 0 fully saturated rings. The molecule has 0 saturated carbocycles. The molecule has 0 bridgehead atoms. The summed E-state index contributed by atoms with van der Waals surface area (Å²) in [7, 11) is 1.02. The fraction of sp³-hybridized carbons (Fsp3) is 0.200. The van der Waals surface area contributed by atoms with Crippen LogP contribution >= 0.6 is 0 Å². The van der Waals surface area contributed by atoms with Crippen molar-refractivity contribution in [3.05, 3.63) is 34.6 Å². The van der Waals surface area contributed by atoms with Crippen molar-refractivity contribution in [2.75, 3.05) is 7.11 Å². The highest BCUT2D eigenvalue weighted by Crippen LogP contribution is 2.25. The standard InChI is InChI=1S/C10H6F3NO2/c1-16-10(15)7-2-5(4-14)6(9(12)13)3-8(7)11/h2-3,9H,1H3. The van der Waals surface area contributed by atoms with Crippen molar-refractivity contribution in [3.8, 4) is 6.07 Å². The van der Waals surface area contributed by atoms with E-state index in [1.807, 2.05) is 0 Å². The Balaban J connectivity index is 3.38. The van der Waals surface area contributed by atoms with Crippen LogP contribution in [0.4, 0.5) is 13.2 Å². The Morgan fingerprint density at radius 2 is 2.12 bits per heavy atom. The maximum Gasteiger partial charge on any atom is 0.340 e. The summed E-state index contributed by atoms with van der Waals surface area (Å²) in [6.07, 6.45) is -2.98. The Labute approximate surface area is 89.1 Å². The first-order chi connectivity index (χ1) is 7.51. The second-order valence-electron chi connectivity index (χ2n) is 2.82. The van der Waals surface area contributed by atoms with Gasteiger partial charge in [-0.25, -0.2) is 18.0 Å². The average Bonchev–Trinajstić information content (AvgIpc) is 2.27. The number of halogens is 3. The molecule has 0 amide bonds. The minimum absolute atomic E-state index is 0.447. The summed E-state index contributed by atoms with van der Waals surface area (Å²) in [4.78, 5) is 11.0. The number of alkyl halides is 2. The van der Waals surface area contributed by atoms with Gasteiger partial charge in [-0.3, -0.25) is 0 Å². The molecule has 0 atom stereocenters. The van der Waals surface area contributed by atoms with Crippen LogP contribution in [-0.4, -0.2) is 13.1 Å². The smallest absolute Gasteiger partial charge is 0.340 e. The lowest BCUT2D eigenvalue weighted by atomic mass is 10.0. The number of carbonyl (C=O) groups excluding carboxylic acids is 1. The Morgan fingerprint density at radius 1 is 1.50 bits per heavy atom. The van der Waals surface area contributed by atoms with Crippen LogP contribution in [0.2, 0.25) is 0 Å². The minimum Gasteiger partial charge on any atom is -0.465 e. The lowest BCUT2D eigenvalue weighted by Gasteiger charge is -2.06. The lowest BCUT2D eigenvalue weighted by molar-refractivity contribution is 0.0595. The van der Waals surface area contributed by atoms with Crippen molar-refractivity contribution in [3.63, 3.8) is 0 Å². The van der Waals surface area contributed by atoms with E-state index >= 15 is 0 Å². The van der Waals surface area contributed by atoms with Gasteiger partial charge in [-0.2, -0.15) is 5.26 Å². The van der Waals surface area contributed by atoms with E-state index in [1.54, 1.807) is 0 Å². The first-order valence-electron chi connectivity index (χ1n) is 4.11. The predicted molar refractivity (Wildman–Crippen MR) is 47.4 cm³/mol. The molecule has 6 heteroatoms. The molecule has 0 N–H and O–H groups in total. The minimum atomic E-state index is -2.98. The van der Waals surface area contributed by atoms with Gasteiger partial charge >= 0.3 is 5.97 Å². The predicted octanol–water partition coefficient (Wildman–Crippen LogP) is 2.42. The molecule has 0 heterocycles. The van der Waals surface area contributed by atoms with Crippen LogP contribution in [0.1, 0.15) is 27.9 Å². The van der Waals surface area contributed by atoms with E-state index in [0.29, 0.717) is 6.07 Å². The largest absolute Gasteiger partial charge is 0.465 e. The molecule has 0 aliphatic carbocycles. The van der Waals surface area contributed by atoms with Crippen molar-refractivity contribution < 1.29 is 22.7 Å². The van der Waals surface area contributed by atoms with Crippen LogP contribution in [-0.2, 0) is 4.74 Å². The third-order valence-electron chi connectivity index (χ3n) is 1.90. The monoisotopic (exact) mass is 229 g/mol. The van der Waals surface area contributed by atoms with E-state index in [2.05, 4.69) is 4.74 Å². The molecule has 0 unspecified atom stereocenters. The Kier molecular flexibility index (Phi) is 3.51. The van der Waals surface area contributed by atoms with Crippen LogP contribution in [0.3, 0.4) is 0 Å². The number of nitriles is 1. The molecule has 0 radical (unpaired) electrons. The highest BCUT2D eigenvalue weighted by molar-refractivity contribution is 5.90. The second kappa shape index (κ2) is 4.66. The number of rotatable bonds is 2. The van der Waals surface area contributed by atoms with E-state index in [4.69, 9.17) is 5.26 Å². The van der Waals surface area contributed by atoms with Crippen LogP contribution in [0, 0.1) is 17.1 Å². The number of nitrogens with zero attached hydrogens (tertiary/aromatic N) is 1. The fourth-order valence-corrected chi connectivity index (χ4v) is 1.13. The third kappa shape index (κ3) is 2.14. The summed E-state index contributed by atoms with van der Waals surface area (Å²) in [6, 6.07) is 2.69. The number of hydrogen-bond acceptors (Lipinski definition) is 3. The molecule has 1 rings (SSSR count). The number of esters is 1. The van der Waals surface area contributed by atoms with Gasteiger partial charge in [-0.1, -0.05) is 0 Å². The zero-order valence-electron chi connectivity index (χ0n) is 8.13. The molecule has 3 nitrogen and oxygen atoms in total. The number of hydrogen-bond donors (Lipinski definition) is 0. The van der Waals surface area contributed by atoms with Gasteiger partial charge in [0.2, 0.25) is 0 Å². The molecule has 0 spiro atoms. The van der Waals surface area contributed by atoms with Crippen molar-refractivity contribution in [1.29, 1.82) is 5.26 Å². The van der Waals surface area contributed by atoms with Gasteiger partial charge in [-0.05, 0) is 12.1 Å². The van der Waals surface area contributed by atoms with Gasteiger partial charge in [0.1, 0.15) is 5.82 Å². The van der Waals surface area contributed by atoms with E-state index in [-0.39, 0.29) is 0 Å². The zero-order chi connectivity index (χ0) is 12.3. The van der Waals surface area contributed by atoms with Gasteiger partial charge < -0.3 is 4.74 Å². The lowest BCUT2D eigenvalue weighted by Crippen LogP contribution is -2.06. The summed E-state index contributed by atoms with van der Waals surface area (Å²) in [5.41, 5.74) is -1.73. The van der Waals surface area contributed by atoms with Crippen LogP contribution in [0.5, 0.6) is 0 Å². The summed E-state index contributed by atoms with van der Waals surface area (Å²) >= 11 is 0. The molecule has 1 aromatic rings. The summed E-state index contributed by atoms with van der Waals surface area (Å²) in [5, 5.41) is 8.58. The first kappa shape index (κ1) is 12.0.